The third-order valence-electron chi connectivity index (χ3n) is 11.6. The number of fused-ring (bicyclic) bond motifs is 5. The summed E-state index contributed by atoms with van der Waals surface area (Å²) in [4.78, 5) is 12.9. The average Bonchev–Trinajstić information content (AvgIpc) is 3.35. The van der Waals surface area contributed by atoms with Crippen molar-refractivity contribution in [2.75, 3.05) is 4.90 Å². The summed E-state index contributed by atoms with van der Waals surface area (Å²) < 4.78 is 0. The molecule has 0 aliphatic carbocycles. The predicted molar refractivity (Wildman–Crippen MR) is 256 cm³/mol. The fraction of sp³-hybridized carbons (Fsp3) is 0. The molecule has 0 unspecified atom stereocenters. The number of nitrogens with zero attached hydrogens (tertiary/aromatic N) is 3. The van der Waals surface area contributed by atoms with Gasteiger partial charge >= 0.3 is 0 Å². The largest absolute Gasteiger partial charge is 0.311 e. The van der Waals surface area contributed by atoms with Gasteiger partial charge in [-0.3, -0.25) is 0 Å². The van der Waals surface area contributed by atoms with Gasteiger partial charge in [-0.2, -0.15) is 0 Å². The van der Waals surface area contributed by atoms with Gasteiger partial charge in [0.25, 0.3) is 0 Å². The maximum absolute atomic E-state index is 5.41. The molecule has 0 N–H and O–H groups in total. The molecule has 286 valence electrons. The zero-order valence-electron chi connectivity index (χ0n) is 33.4. The van der Waals surface area contributed by atoms with Crippen LogP contribution in [0.4, 0.5) is 17.1 Å². The lowest BCUT2D eigenvalue weighted by molar-refractivity contribution is 1.28. The van der Waals surface area contributed by atoms with Crippen LogP contribution in [0.3, 0.4) is 0 Å². The van der Waals surface area contributed by atoms with Crippen LogP contribution >= 0.6 is 0 Å². The maximum Gasteiger partial charge on any atom is 0.0788 e. The van der Waals surface area contributed by atoms with Gasteiger partial charge in [0.15, 0.2) is 0 Å². The SMILES string of the molecule is c1ccc(-c2cc(-c3cccc4ccc5c(-c6cccc(-c7ccc(N(c8ccccc8)c8ccccc8)cc7)c6)nc6ccccc6c5c34)cc(-c3ccccc3)n2)cc1. The lowest BCUT2D eigenvalue weighted by Gasteiger charge is -2.25. The molecule has 3 nitrogen and oxygen atoms in total. The minimum atomic E-state index is 0.944. The molecule has 0 spiro atoms. The van der Waals surface area contributed by atoms with Crippen molar-refractivity contribution in [2.45, 2.75) is 0 Å². The molecule has 11 rings (SSSR count). The molecule has 0 aliphatic heterocycles. The van der Waals surface area contributed by atoms with Crippen molar-refractivity contribution in [3.05, 3.63) is 237 Å². The molecule has 0 bridgehead atoms. The molecular weight excluding hydrogens is 739 g/mol. The van der Waals surface area contributed by atoms with Crippen molar-refractivity contribution in [1.29, 1.82) is 0 Å². The molecule has 2 aromatic heterocycles. The van der Waals surface area contributed by atoms with Crippen LogP contribution in [0.2, 0.25) is 0 Å². The summed E-state index contributed by atoms with van der Waals surface area (Å²) in [6.07, 6.45) is 0. The number of benzene rings is 9. The van der Waals surface area contributed by atoms with Crippen LogP contribution in [0.25, 0.3) is 88.5 Å². The van der Waals surface area contributed by atoms with Gasteiger partial charge in [-0.05, 0) is 93.7 Å². The first-order valence-electron chi connectivity index (χ1n) is 20.7. The van der Waals surface area contributed by atoms with Gasteiger partial charge in [0, 0.05) is 49.9 Å². The Hall–Kier alpha value is -8.14. The molecule has 0 fully saturated rings. The number of rotatable bonds is 8. The monoisotopic (exact) mass is 777 g/mol. The van der Waals surface area contributed by atoms with Crippen molar-refractivity contribution < 1.29 is 0 Å². The highest BCUT2D eigenvalue weighted by molar-refractivity contribution is 6.25. The summed E-state index contributed by atoms with van der Waals surface area (Å²) in [5.74, 6) is 0. The summed E-state index contributed by atoms with van der Waals surface area (Å²) in [6, 6.07) is 84.0. The van der Waals surface area contributed by atoms with Crippen LogP contribution in [0.5, 0.6) is 0 Å². The number of para-hydroxylation sites is 3. The first-order valence-corrected chi connectivity index (χ1v) is 20.7. The van der Waals surface area contributed by atoms with Crippen molar-refractivity contribution in [3.8, 4) is 56.0 Å². The Labute approximate surface area is 355 Å². The number of hydrogen-bond donors (Lipinski definition) is 0. The number of hydrogen-bond acceptors (Lipinski definition) is 3. The molecular formula is C58H39N3. The summed E-state index contributed by atoms with van der Waals surface area (Å²) >= 11 is 0. The smallest absolute Gasteiger partial charge is 0.0788 e. The van der Waals surface area contributed by atoms with Crippen LogP contribution in [0.1, 0.15) is 0 Å². The fourth-order valence-corrected chi connectivity index (χ4v) is 8.73. The van der Waals surface area contributed by atoms with E-state index in [2.05, 4.69) is 241 Å². The predicted octanol–water partition coefficient (Wildman–Crippen LogP) is 15.7. The molecule has 0 atom stereocenters. The van der Waals surface area contributed by atoms with Crippen LogP contribution in [-0.4, -0.2) is 9.97 Å². The zero-order valence-corrected chi connectivity index (χ0v) is 33.4. The van der Waals surface area contributed by atoms with Crippen molar-refractivity contribution in [1.82, 2.24) is 9.97 Å². The summed E-state index contributed by atoms with van der Waals surface area (Å²) in [6.45, 7) is 0. The van der Waals surface area contributed by atoms with Gasteiger partial charge in [-0.1, -0.05) is 176 Å². The first-order chi connectivity index (χ1) is 30.2. The third kappa shape index (κ3) is 6.78. The van der Waals surface area contributed by atoms with Crippen molar-refractivity contribution in [3.63, 3.8) is 0 Å². The van der Waals surface area contributed by atoms with Crippen LogP contribution in [-0.2, 0) is 0 Å². The lowest BCUT2D eigenvalue weighted by Crippen LogP contribution is -2.09. The molecule has 0 radical (unpaired) electrons. The Morgan fingerprint density at radius 2 is 0.836 bits per heavy atom. The highest BCUT2D eigenvalue weighted by atomic mass is 15.1. The van der Waals surface area contributed by atoms with E-state index >= 15 is 0 Å². The molecule has 3 heteroatoms. The summed E-state index contributed by atoms with van der Waals surface area (Å²) in [5.41, 5.74) is 15.0. The quantitative estimate of drug-likeness (QED) is 0.144. The second-order valence-electron chi connectivity index (χ2n) is 15.4. The first kappa shape index (κ1) is 36.0. The van der Waals surface area contributed by atoms with E-state index in [1.807, 2.05) is 0 Å². The molecule has 0 aliphatic rings. The molecule has 2 heterocycles. The van der Waals surface area contributed by atoms with E-state index in [0.29, 0.717) is 0 Å². The van der Waals surface area contributed by atoms with E-state index in [4.69, 9.17) is 9.97 Å². The fourth-order valence-electron chi connectivity index (χ4n) is 8.73. The molecule has 11 aromatic rings. The van der Waals surface area contributed by atoms with Crippen molar-refractivity contribution >= 4 is 49.5 Å². The topological polar surface area (TPSA) is 29.0 Å². The molecule has 0 amide bonds. The Balaban J connectivity index is 1.07. The second-order valence-corrected chi connectivity index (χ2v) is 15.4. The highest BCUT2D eigenvalue weighted by Crippen LogP contribution is 2.43. The normalized spacial score (nSPS) is 11.3. The minimum absolute atomic E-state index is 0.944. The third-order valence-corrected chi connectivity index (χ3v) is 11.6. The van der Waals surface area contributed by atoms with Gasteiger partial charge in [0.1, 0.15) is 0 Å². The van der Waals surface area contributed by atoms with E-state index in [1.165, 1.54) is 16.2 Å². The Kier molecular flexibility index (Phi) is 9.18. The zero-order chi connectivity index (χ0) is 40.5. The van der Waals surface area contributed by atoms with Gasteiger partial charge in [-0.25, -0.2) is 9.97 Å². The van der Waals surface area contributed by atoms with Gasteiger partial charge in [-0.15, -0.1) is 0 Å². The van der Waals surface area contributed by atoms with Gasteiger partial charge < -0.3 is 4.90 Å². The number of pyridine rings is 2. The summed E-state index contributed by atoms with van der Waals surface area (Å²) in [7, 11) is 0. The van der Waals surface area contributed by atoms with Crippen molar-refractivity contribution in [2.24, 2.45) is 0 Å². The molecule has 0 saturated heterocycles. The van der Waals surface area contributed by atoms with E-state index in [-0.39, 0.29) is 0 Å². The summed E-state index contributed by atoms with van der Waals surface area (Å²) in [5, 5.41) is 5.84. The van der Waals surface area contributed by atoms with E-state index in [9.17, 15) is 0 Å². The lowest BCUT2D eigenvalue weighted by atomic mass is 9.89. The van der Waals surface area contributed by atoms with Gasteiger partial charge in [0.2, 0.25) is 0 Å². The second kappa shape index (κ2) is 15.6. The van der Waals surface area contributed by atoms with E-state index in [0.717, 1.165) is 89.4 Å². The Morgan fingerprint density at radius 1 is 0.295 bits per heavy atom. The molecule has 9 aromatic carbocycles. The van der Waals surface area contributed by atoms with Crippen LogP contribution in [0.15, 0.2) is 237 Å². The molecule has 0 saturated carbocycles. The average molecular weight is 778 g/mol. The van der Waals surface area contributed by atoms with E-state index < -0.39 is 0 Å². The van der Waals surface area contributed by atoms with Gasteiger partial charge in [0.05, 0.1) is 22.6 Å². The standard InChI is InChI=1S/C58H39N3/c1-5-17-41(18-6-1)54-38-46(39-55(59-54)42-19-7-2-8-20-42)50-29-16-21-43-33-36-52-57(56(43)50)51-28-13-14-30-53(51)60-58(52)45-23-15-22-44(37-45)40-31-34-49(35-32-40)61(47-24-9-3-10-25-47)48-26-11-4-12-27-48/h1-39H. The Morgan fingerprint density at radius 3 is 1.49 bits per heavy atom. The Bertz CT molecular complexity index is 3230. The van der Waals surface area contributed by atoms with E-state index in [1.54, 1.807) is 0 Å². The number of aromatic nitrogens is 2. The van der Waals surface area contributed by atoms with Crippen LogP contribution < -0.4 is 4.90 Å². The molecule has 61 heavy (non-hydrogen) atoms. The minimum Gasteiger partial charge on any atom is -0.311 e. The highest BCUT2D eigenvalue weighted by Gasteiger charge is 2.18. The van der Waals surface area contributed by atoms with Crippen LogP contribution in [0, 0.1) is 0 Å². The maximum atomic E-state index is 5.41. The number of anilines is 3.